The first-order valence-corrected chi connectivity index (χ1v) is 14.3. The van der Waals surface area contributed by atoms with E-state index in [0.717, 1.165) is 59.2 Å². The molecule has 0 saturated carbocycles. The van der Waals surface area contributed by atoms with E-state index in [4.69, 9.17) is 11.5 Å². The van der Waals surface area contributed by atoms with Crippen molar-refractivity contribution in [1.82, 2.24) is 9.13 Å². The van der Waals surface area contributed by atoms with E-state index in [-0.39, 0.29) is 22.5 Å². The zero-order valence-electron chi connectivity index (χ0n) is 25.3. The van der Waals surface area contributed by atoms with Gasteiger partial charge in [0.15, 0.2) is 11.6 Å². The Bertz CT molecular complexity index is 2390. The standard InChI is InChI=1S/C18H10F4N2O2.C18H12F2N2O2/c19-9-4-5-10(14(22)8-9)17(26)11-6-7-15(25)24(18(11)23)16-12(20)2-1-3-13(16)21;19-11-6-7-13(15(20)10-11)17(24)14-8-9-16(23)22(18(14)21)12-4-2-1-3-5-12/h1-8H,23H2;1-10H,21H2. The molecule has 6 aromatic rings. The number of halogens is 6. The lowest BCUT2D eigenvalue weighted by Crippen LogP contribution is -2.25. The van der Waals surface area contributed by atoms with Gasteiger partial charge in [0.2, 0.25) is 0 Å². The average molecular weight is 689 g/mol. The number of hydrogen-bond acceptors (Lipinski definition) is 6. The molecule has 0 spiro atoms. The number of carbonyl (C=O) groups excluding carboxylic acids is 2. The van der Waals surface area contributed by atoms with Crippen molar-refractivity contribution in [2.45, 2.75) is 0 Å². The second kappa shape index (κ2) is 14.2. The van der Waals surface area contributed by atoms with E-state index in [1.807, 2.05) is 0 Å². The van der Waals surface area contributed by atoms with Crippen LogP contribution in [-0.2, 0) is 0 Å². The number of nitrogens with zero attached hydrogens (tertiary/aromatic N) is 2. The third-order valence-electron chi connectivity index (χ3n) is 7.28. The fraction of sp³-hybridized carbons (Fsp3) is 0. The van der Waals surface area contributed by atoms with E-state index in [0.29, 0.717) is 22.4 Å². The van der Waals surface area contributed by atoms with Crippen molar-refractivity contribution in [2.75, 3.05) is 11.5 Å². The summed E-state index contributed by atoms with van der Waals surface area (Å²) in [5.74, 6) is -8.32. The van der Waals surface area contributed by atoms with Crippen LogP contribution >= 0.6 is 0 Å². The molecule has 0 aliphatic carbocycles. The topological polar surface area (TPSA) is 130 Å². The van der Waals surface area contributed by atoms with E-state index in [1.165, 1.54) is 12.1 Å². The highest BCUT2D eigenvalue weighted by Crippen LogP contribution is 2.24. The third kappa shape index (κ3) is 6.80. The lowest BCUT2D eigenvalue weighted by atomic mass is 10.0. The van der Waals surface area contributed by atoms with Gasteiger partial charge >= 0.3 is 0 Å². The minimum absolute atomic E-state index is 0.0380. The van der Waals surface area contributed by atoms with Gasteiger partial charge in [0, 0.05) is 24.3 Å². The van der Waals surface area contributed by atoms with Gasteiger partial charge < -0.3 is 11.5 Å². The van der Waals surface area contributed by atoms with E-state index in [2.05, 4.69) is 0 Å². The summed E-state index contributed by atoms with van der Waals surface area (Å²) in [7, 11) is 0. The first kappa shape index (κ1) is 34.6. The lowest BCUT2D eigenvalue weighted by molar-refractivity contribution is 0.102. The molecule has 0 atom stereocenters. The number of rotatable bonds is 6. The van der Waals surface area contributed by atoms with E-state index >= 15 is 0 Å². The maximum absolute atomic E-state index is 14.0. The van der Waals surface area contributed by atoms with E-state index in [1.54, 1.807) is 30.3 Å². The Balaban J connectivity index is 0.000000195. The van der Waals surface area contributed by atoms with Crippen molar-refractivity contribution in [3.63, 3.8) is 0 Å². The molecule has 0 aliphatic rings. The summed E-state index contributed by atoms with van der Waals surface area (Å²) in [6.07, 6.45) is 0. The minimum atomic E-state index is -1.13. The smallest absolute Gasteiger partial charge is 0.256 e. The second-order valence-corrected chi connectivity index (χ2v) is 10.4. The molecule has 14 heteroatoms. The predicted molar refractivity (Wildman–Crippen MR) is 172 cm³/mol. The molecular formula is C36H22F6N4O4. The predicted octanol–water partition coefficient (Wildman–Crippen LogP) is 6.14. The normalized spacial score (nSPS) is 10.7. The average Bonchev–Trinajstić information content (AvgIpc) is 3.06. The van der Waals surface area contributed by atoms with Gasteiger partial charge in [-0.25, -0.2) is 26.3 Å². The van der Waals surface area contributed by atoms with Gasteiger partial charge in [0.1, 0.15) is 52.2 Å². The number of pyridine rings is 2. The first-order valence-electron chi connectivity index (χ1n) is 14.3. The molecular weight excluding hydrogens is 666 g/mol. The first-order chi connectivity index (χ1) is 23.8. The summed E-state index contributed by atoms with van der Waals surface area (Å²) in [5, 5.41) is 0. The molecule has 252 valence electrons. The van der Waals surface area contributed by atoms with E-state index < -0.39 is 74.7 Å². The second-order valence-electron chi connectivity index (χ2n) is 10.4. The maximum Gasteiger partial charge on any atom is 0.256 e. The Morgan fingerprint density at radius 1 is 0.460 bits per heavy atom. The monoisotopic (exact) mass is 688 g/mol. The molecule has 0 aliphatic heterocycles. The van der Waals surface area contributed by atoms with Crippen molar-refractivity contribution in [3.8, 4) is 11.4 Å². The van der Waals surface area contributed by atoms with Gasteiger partial charge in [-0.1, -0.05) is 24.3 Å². The van der Waals surface area contributed by atoms with Crippen LogP contribution in [0.15, 0.2) is 119 Å². The van der Waals surface area contributed by atoms with Gasteiger partial charge in [-0.2, -0.15) is 0 Å². The highest BCUT2D eigenvalue weighted by molar-refractivity contribution is 6.12. The molecule has 2 heterocycles. The van der Waals surface area contributed by atoms with Crippen LogP contribution in [0.4, 0.5) is 38.0 Å². The van der Waals surface area contributed by atoms with Crippen molar-refractivity contribution in [1.29, 1.82) is 0 Å². The number of benzene rings is 4. The number of carbonyl (C=O) groups is 2. The quantitative estimate of drug-likeness (QED) is 0.160. The van der Waals surface area contributed by atoms with Crippen molar-refractivity contribution in [3.05, 3.63) is 187 Å². The van der Waals surface area contributed by atoms with Crippen LogP contribution in [0.2, 0.25) is 0 Å². The number of para-hydroxylation sites is 2. The fourth-order valence-electron chi connectivity index (χ4n) is 4.91. The van der Waals surface area contributed by atoms with Gasteiger partial charge in [0.05, 0.1) is 27.9 Å². The van der Waals surface area contributed by atoms with Crippen LogP contribution in [0.3, 0.4) is 0 Å². The van der Waals surface area contributed by atoms with Gasteiger partial charge in [-0.3, -0.25) is 28.3 Å². The van der Waals surface area contributed by atoms with Gasteiger partial charge in [0.25, 0.3) is 11.1 Å². The van der Waals surface area contributed by atoms with Gasteiger partial charge in [-0.05, 0) is 60.7 Å². The van der Waals surface area contributed by atoms with Crippen molar-refractivity contribution in [2.24, 2.45) is 0 Å². The van der Waals surface area contributed by atoms with Crippen molar-refractivity contribution >= 4 is 23.2 Å². The fourth-order valence-corrected chi connectivity index (χ4v) is 4.91. The van der Waals surface area contributed by atoms with Gasteiger partial charge in [-0.15, -0.1) is 0 Å². The van der Waals surface area contributed by atoms with E-state index in [9.17, 15) is 45.5 Å². The number of aromatic nitrogens is 2. The summed E-state index contributed by atoms with van der Waals surface area (Å²) in [5.41, 5.74) is 8.96. The highest BCUT2D eigenvalue weighted by atomic mass is 19.2. The van der Waals surface area contributed by atoms with Crippen LogP contribution in [0.25, 0.3) is 11.4 Å². The van der Waals surface area contributed by atoms with Crippen LogP contribution in [0, 0.1) is 34.9 Å². The summed E-state index contributed by atoms with van der Waals surface area (Å²) in [6, 6.07) is 20.7. The molecule has 0 fully saturated rings. The number of nitrogens with two attached hydrogens (primary N) is 2. The SMILES string of the molecule is Nc1c(C(=O)c2ccc(F)cc2F)ccc(=O)n1-c1c(F)cccc1F.Nc1c(C(=O)c2ccc(F)cc2F)ccc(=O)n1-c1ccccc1. The Kier molecular flexibility index (Phi) is 9.83. The van der Waals surface area contributed by atoms with Crippen LogP contribution in [-0.4, -0.2) is 20.7 Å². The maximum atomic E-state index is 14.0. The molecule has 0 radical (unpaired) electrons. The zero-order chi connectivity index (χ0) is 36.3. The number of ketones is 2. The Morgan fingerprint density at radius 3 is 1.34 bits per heavy atom. The Hall–Kier alpha value is -6.70. The largest absolute Gasteiger partial charge is 0.384 e. The Morgan fingerprint density at radius 2 is 0.880 bits per heavy atom. The molecule has 0 saturated heterocycles. The Labute approximate surface area is 278 Å². The lowest BCUT2D eigenvalue weighted by Gasteiger charge is -2.14. The summed E-state index contributed by atoms with van der Waals surface area (Å²) in [6.45, 7) is 0. The molecule has 2 aromatic heterocycles. The molecule has 50 heavy (non-hydrogen) atoms. The number of anilines is 2. The summed E-state index contributed by atoms with van der Waals surface area (Å²) < 4.78 is 83.4. The summed E-state index contributed by atoms with van der Waals surface area (Å²) in [4.78, 5) is 49.2. The summed E-state index contributed by atoms with van der Waals surface area (Å²) >= 11 is 0. The molecule has 0 unspecified atom stereocenters. The minimum Gasteiger partial charge on any atom is -0.384 e. The molecule has 8 nitrogen and oxygen atoms in total. The van der Waals surface area contributed by atoms with Crippen molar-refractivity contribution < 1.29 is 35.9 Å². The molecule has 0 bridgehead atoms. The molecule has 4 aromatic carbocycles. The molecule has 4 N–H and O–H groups in total. The van der Waals surface area contributed by atoms with Crippen LogP contribution in [0.5, 0.6) is 0 Å². The zero-order valence-corrected chi connectivity index (χ0v) is 25.3. The third-order valence-corrected chi connectivity index (χ3v) is 7.28. The van der Waals surface area contributed by atoms with Crippen LogP contribution in [0.1, 0.15) is 31.8 Å². The molecule has 0 amide bonds. The number of hydrogen-bond donors (Lipinski definition) is 2. The van der Waals surface area contributed by atoms with Crippen LogP contribution < -0.4 is 22.6 Å². The molecule has 6 rings (SSSR count). The number of nitrogen functional groups attached to an aromatic ring is 2. The highest BCUT2D eigenvalue weighted by Gasteiger charge is 2.23.